The molecule has 0 fully saturated rings. The number of esters is 1. The molecule has 1 heterocycles. The standard InChI is InChI=1S/C12H15N5O2/c1-2-19-11(18)6-10-16-8-4-3-7(15-12(13)14)5-9(8)17-10/h3-5H,2,6H2,1H3,(H,16,17)(H4,13,14,15). The zero-order valence-electron chi connectivity index (χ0n) is 10.5. The third-order valence-electron chi connectivity index (χ3n) is 2.39. The van der Waals surface area contributed by atoms with Crippen molar-refractivity contribution in [2.45, 2.75) is 13.3 Å². The quantitative estimate of drug-likeness (QED) is 0.422. The molecule has 5 N–H and O–H groups in total. The van der Waals surface area contributed by atoms with Crippen molar-refractivity contribution in [2.24, 2.45) is 16.5 Å². The summed E-state index contributed by atoms with van der Waals surface area (Å²) in [6, 6.07) is 5.29. The summed E-state index contributed by atoms with van der Waals surface area (Å²) in [7, 11) is 0. The third-order valence-corrected chi connectivity index (χ3v) is 2.39. The minimum absolute atomic E-state index is 0.00869. The molecule has 2 aromatic rings. The Kier molecular flexibility index (Phi) is 3.65. The van der Waals surface area contributed by atoms with E-state index in [1.807, 2.05) is 0 Å². The van der Waals surface area contributed by atoms with Crippen LogP contribution in [-0.4, -0.2) is 28.5 Å². The normalized spacial score (nSPS) is 10.4. The van der Waals surface area contributed by atoms with Crippen LogP contribution >= 0.6 is 0 Å². The molecule has 0 unspecified atom stereocenters. The van der Waals surface area contributed by atoms with Gasteiger partial charge in [-0.2, -0.15) is 0 Å². The highest BCUT2D eigenvalue weighted by Gasteiger charge is 2.09. The lowest BCUT2D eigenvalue weighted by Gasteiger charge is -1.97. The van der Waals surface area contributed by atoms with E-state index in [1.165, 1.54) is 0 Å². The molecular formula is C12H15N5O2. The van der Waals surface area contributed by atoms with Gasteiger partial charge in [0.2, 0.25) is 0 Å². The number of fused-ring (bicyclic) bond motifs is 1. The van der Waals surface area contributed by atoms with Gasteiger partial charge in [0, 0.05) is 0 Å². The number of carbonyl (C=O) groups is 1. The second-order valence-electron chi connectivity index (χ2n) is 3.90. The first-order valence-corrected chi connectivity index (χ1v) is 5.82. The van der Waals surface area contributed by atoms with Crippen LogP contribution in [0.15, 0.2) is 23.2 Å². The molecule has 1 aromatic carbocycles. The Bertz CT molecular complexity index is 628. The summed E-state index contributed by atoms with van der Waals surface area (Å²) < 4.78 is 4.86. The van der Waals surface area contributed by atoms with Crippen LogP contribution in [0.5, 0.6) is 0 Å². The lowest BCUT2D eigenvalue weighted by atomic mass is 10.3. The van der Waals surface area contributed by atoms with E-state index in [2.05, 4.69) is 15.0 Å². The number of hydrogen-bond donors (Lipinski definition) is 3. The van der Waals surface area contributed by atoms with Crippen LogP contribution in [0.2, 0.25) is 0 Å². The maximum atomic E-state index is 11.4. The van der Waals surface area contributed by atoms with Gasteiger partial charge in [0.05, 0.1) is 23.3 Å². The van der Waals surface area contributed by atoms with Crippen LogP contribution in [0.4, 0.5) is 5.69 Å². The van der Waals surface area contributed by atoms with Gasteiger partial charge in [0.25, 0.3) is 0 Å². The number of H-pyrrole nitrogens is 1. The van der Waals surface area contributed by atoms with Gasteiger partial charge >= 0.3 is 5.97 Å². The number of guanidine groups is 1. The molecule has 0 saturated carbocycles. The molecule has 100 valence electrons. The summed E-state index contributed by atoms with van der Waals surface area (Å²) in [5.74, 6) is 0.229. The summed E-state index contributed by atoms with van der Waals surface area (Å²) in [4.78, 5) is 22.6. The van der Waals surface area contributed by atoms with Gasteiger partial charge in [0.15, 0.2) is 5.96 Å². The Morgan fingerprint density at radius 2 is 2.26 bits per heavy atom. The number of carbonyl (C=O) groups excluding carboxylic acids is 1. The van der Waals surface area contributed by atoms with Crippen molar-refractivity contribution in [1.29, 1.82) is 0 Å². The van der Waals surface area contributed by atoms with E-state index in [-0.39, 0.29) is 18.3 Å². The molecule has 0 radical (unpaired) electrons. The first kappa shape index (κ1) is 12.9. The van der Waals surface area contributed by atoms with Crippen LogP contribution in [-0.2, 0) is 16.0 Å². The van der Waals surface area contributed by atoms with Gasteiger partial charge in [-0.15, -0.1) is 0 Å². The fourth-order valence-corrected chi connectivity index (χ4v) is 1.70. The lowest BCUT2D eigenvalue weighted by molar-refractivity contribution is -0.142. The van der Waals surface area contributed by atoms with Crippen molar-refractivity contribution in [3.8, 4) is 0 Å². The number of rotatable bonds is 4. The van der Waals surface area contributed by atoms with E-state index in [9.17, 15) is 4.79 Å². The van der Waals surface area contributed by atoms with E-state index >= 15 is 0 Å². The fourth-order valence-electron chi connectivity index (χ4n) is 1.70. The van der Waals surface area contributed by atoms with Crippen LogP contribution in [0.1, 0.15) is 12.7 Å². The molecule has 0 aliphatic carbocycles. The van der Waals surface area contributed by atoms with Crippen molar-refractivity contribution >= 4 is 28.6 Å². The number of imidazole rings is 1. The first-order valence-electron chi connectivity index (χ1n) is 5.82. The summed E-state index contributed by atoms with van der Waals surface area (Å²) in [6.07, 6.45) is 0.111. The second kappa shape index (κ2) is 5.38. The number of aromatic nitrogens is 2. The Labute approximate surface area is 109 Å². The Hall–Kier alpha value is -2.57. The van der Waals surface area contributed by atoms with Crippen molar-refractivity contribution in [2.75, 3.05) is 6.61 Å². The Morgan fingerprint density at radius 1 is 1.47 bits per heavy atom. The predicted octanol–water partition coefficient (Wildman–Crippen LogP) is 0.573. The van der Waals surface area contributed by atoms with Gasteiger partial charge in [0.1, 0.15) is 12.2 Å². The maximum Gasteiger partial charge on any atom is 0.313 e. The SMILES string of the molecule is CCOC(=O)Cc1nc2ccc(N=C(N)N)cc2[nH]1. The minimum atomic E-state index is -0.314. The number of aromatic amines is 1. The average Bonchev–Trinajstić information content (AvgIpc) is 2.69. The average molecular weight is 261 g/mol. The largest absolute Gasteiger partial charge is 0.466 e. The number of aliphatic imine (C=N–C) groups is 1. The smallest absolute Gasteiger partial charge is 0.313 e. The lowest BCUT2D eigenvalue weighted by Crippen LogP contribution is -2.21. The molecule has 0 bridgehead atoms. The van der Waals surface area contributed by atoms with Crippen LogP contribution in [0.25, 0.3) is 11.0 Å². The number of nitrogens with one attached hydrogen (secondary N) is 1. The molecule has 0 amide bonds. The summed E-state index contributed by atoms with van der Waals surface area (Å²) >= 11 is 0. The Morgan fingerprint density at radius 3 is 2.95 bits per heavy atom. The van der Waals surface area contributed by atoms with Crippen LogP contribution in [0, 0.1) is 0 Å². The van der Waals surface area contributed by atoms with Gasteiger partial charge in [-0.1, -0.05) is 0 Å². The van der Waals surface area contributed by atoms with Crippen molar-refractivity contribution < 1.29 is 9.53 Å². The molecule has 1 aromatic heterocycles. The molecule has 7 heteroatoms. The van der Waals surface area contributed by atoms with Crippen molar-refractivity contribution in [1.82, 2.24) is 9.97 Å². The number of benzene rings is 1. The van der Waals surface area contributed by atoms with Gasteiger partial charge in [-0.05, 0) is 25.1 Å². The van der Waals surface area contributed by atoms with E-state index in [0.29, 0.717) is 18.1 Å². The molecule has 0 aliphatic heterocycles. The van der Waals surface area contributed by atoms with Crippen LogP contribution < -0.4 is 11.5 Å². The zero-order chi connectivity index (χ0) is 13.8. The Balaban J connectivity index is 2.25. The predicted molar refractivity (Wildman–Crippen MR) is 71.9 cm³/mol. The van der Waals surface area contributed by atoms with E-state index in [1.54, 1.807) is 25.1 Å². The molecule has 19 heavy (non-hydrogen) atoms. The number of nitrogens with zero attached hydrogens (tertiary/aromatic N) is 2. The molecule has 0 aliphatic rings. The van der Waals surface area contributed by atoms with E-state index in [4.69, 9.17) is 16.2 Å². The maximum absolute atomic E-state index is 11.4. The first-order chi connectivity index (χ1) is 9.08. The fraction of sp³-hybridized carbons (Fsp3) is 0.250. The van der Waals surface area contributed by atoms with Crippen molar-refractivity contribution in [3.05, 3.63) is 24.0 Å². The third kappa shape index (κ3) is 3.21. The topological polar surface area (TPSA) is 119 Å². The highest BCUT2D eigenvalue weighted by Crippen LogP contribution is 2.19. The molecule has 7 nitrogen and oxygen atoms in total. The second-order valence-corrected chi connectivity index (χ2v) is 3.90. The number of hydrogen-bond acceptors (Lipinski definition) is 4. The summed E-state index contributed by atoms with van der Waals surface area (Å²) in [5, 5.41) is 0. The molecule has 0 saturated heterocycles. The van der Waals surface area contributed by atoms with Gasteiger partial charge < -0.3 is 21.2 Å². The van der Waals surface area contributed by atoms with Gasteiger partial charge in [-0.3, -0.25) is 4.79 Å². The molecule has 0 spiro atoms. The molecular weight excluding hydrogens is 246 g/mol. The number of nitrogens with two attached hydrogens (primary N) is 2. The molecule has 2 rings (SSSR count). The summed E-state index contributed by atoms with van der Waals surface area (Å²) in [6.45, 7) is 2.12. The number of ether oxygens (including phenoxy) is 1. The minimum Gasteiger partial charge on any atom is -0.466 e. The van der Waals surface area contributed by atoms with Crippen LogP contribution in [0.3, 0.4) is 0 Å². The molecule has 0 atom stereocenters. The van der Waals surface area contributed by atoms with Crippen molar-refractivity contribution in [3.63, 3.8) is 0 Å². The zero-order valence-corrected chi connectivity index (χ0v) is 10.5. The van der Waals surface area contributed by atoms with E-state index in [0.717, 1.165) is 11.0 Å². The highest BCUT2D eigenvalue weighted by molar-refractivity contribution is 5.83. The van der Waals surface area contributed by atoms with E-state index < -0.39 is 0 Å². The summed E-state index contributed by atoms with van der Waals surface area (Å²) in [5.41, 5.74) is 12.8. The highest BCUT2D eigenvalue weighted by atomic mass is 16.5. The monoisotopic (exact) mass is 261 g/mol. The van der Waals surface area contributed by atoms with Gasteiger partial charge in [-0.25, -0.2) is 9.98 Å².